The van der Waals surface area contributed by atoms with E-state index in [4.69, 9.17) is 0 Å². The zero-order chi connectivity index (χ0) is 16.3. The number of hydrogen-bond donors (Lipinski definition) is 2. The lowest BCUT2D eigenvalue weighted by molar-refractivity contribution is 0.358. The third-order valence-corrected chi connectivity index (χ3v) is 5.98. The smallest absolute Gasteiger partial charge is 0.241 e. The third kappa shape index (κ3) is 4.25. The molecule has 1 fully saturated rings. The van der Waals surface area contributed by atoms with E-state index in [2.05, 4.69) is 15.0 Å². The van der Waals surface area contributed by atoms with Crippen LogP contribution >= 0.6 is 12.4 Å². The first-order valence-electron chi connectivity index (χ1n) is 8.12. The van der Waals surface area contributed by atoms with Gasteiger partial charge in [-0.2, -0.15) is 0 Å². The molecule has 2 N–H and O–H groups in total. The molecule has 132 valence electrons. The van der Waals surface area contributed by atoms with Crippen molar-refractivity contribution in [3.05, 3.63) is 36.0 Å². The van der Waals surface area contributed by atoms with Gasteiger partial charge in [-0.3, -0.25) is 4.98 Å². The molecule has 0 amide bonds. The van der Waals surface area contributed by atoms with Gasteiger partial charge in [0, 0.05) is 18.1 Å². The second-order valence-corrected chi connectivity index (χ2v) is 7.91. The molecular weight excluding hydrogens is 346 g/mol. The average Bonchev–Trinajstić information content (AvgIpc) is 2.56. The predicted molar refractivity (Wildman–Crippen MR) is 99.1 cm³/mol. The molecule has 1 atom stereocenters. The van der Waals surface area contributed by atoms with Crippen LogP contribution in [0, 0.1) is 12.8 Å². The number of nitrogens with one attached hydrogen (secondary N) is 2. The number of nitrogens with zero attached hydrogens (tertiary/aromatic N) is 1. The zero-order valence-corrected chi connectivity index (χ0v) is 15.4. The van der Waals surface area contributed by atoms with Crippen molar-refractivity contribution < 1.29 is 8.42 Å². The fourth-order valence-electron chi connectivity index (χ4n) is 3.17. The van der Waals surface area contributed by atoms with Crippen molar-refractivity contribution in [1.29, 1.82) is 0 Å². The van der Waals surface area contributed by atoms with Crippen molar-refractivity contribution in [2.45, 2.75) is 31.1 Å². The summed E-state index contributed by atoms with van der Waals surface area (Å²) in [4.78, 5) is 4.62. The third-order valence-electron chi connectivity index (χ3n) is 4.46. The van der Waals surface area contributed by atoms with Crippen LogP contribution in [0.4, 0.5) is 0 Å². The van der Waals surface area contributed by atoms with Crippen LogP contribution in [0.15, 0.2) is 35.4 Å². The molecule has 1 aromatic heterocycles. The minimum absolute atomic E-state index is 0. The van der Waals surface area contributed by atoms with Gasteiger partial charge in [-0.15, -0.1) is 12.4 Å². The van der Waals surface area contributed by atoms with Crippen molar-refractivity contribution in [1.82, 2.24) is 15.0 Å². The molecule has 0 saturated carbocycles. The van der Waals surface area contributed by atoms with Crippen molar-refractivity contribution in [2.75, 3.05) is 19.6 Å². The van der Waals surface area contributed by atoms with E-state index in [1.54, 1.807) is 18.3 Å². The molecular formula is C17H24ClN3O2S. The fraction of sp³-hybridized carbons (Fsp3) is 0.471. The number of aromatic nitrogens is 1. The van der Waals surface area contributed by atoms with Gasteiger partial charge < -0.3 is 5.32 Å². The Morgan fingerprint density at radius 3 is 2.92 bits per heavy atom. The Morgan fingerprint density at radius 1 is 1.33 bits per heavy atom. The summed E-state index contributed by atoms with van der Waals surface area (Å²) in [5.41, 5.74) is 1.72. The Balaban J connectivity index is 0.00000208. The lowest BCUT2D eigenvalue weighted by atomic mass is 9.96. The Bertz CT molecular complexity index is 790. The number of aryl methyl sites for hydroxylation is 1. The molecule has 1 saturated heterocycles. The lowest BCUT2D eigenvalue weighted by Gasteiger charge is -2.22. The first-order valence-corrected chi connectivity index (χ1v) is 9.61. The Kier molecular flexibility index (Phi) is 6.57. The highest BCUT2D eigenvalue weighted by Gasteiger charge is 2.19. The van der Waals surface area contributed by atoms with E-state index in [9.17, 15) is 8.42 Å². The highest BCUT2D eigenvalue weighted by molar-refractivity contribution is 7.89. The Labute approximate surface area is 149 Å². The van der Waals surface area contributed by atoms with Crippen molar-refractivity contribution in [3.63, 3.8) is 0 Å². The quantitative estimate of drug-likeness (QED) is 0.849. The first kappa shape index (κ1) is 19.1. The summed E-state index contributed by atoms with van der Waals surface area (Å²) in [5, 5.41) is 4.04. The van der Waals surface area contributed by atoms with Crippen LogP contribution in [0.3, 0.4) is 0 Å². The molecule has 5 nitrogen and oxygen atoms in total. The fourth-order valence-corrected chi connectivity index (χ4v) is 4.41. The van der Waals surface area contributed by atoms with E-state index in [0.29, 0.717) is 22.7 Å². The van der Waals surface area contributed by atoms with E-state index < -0.39 is 10.0 Å². The summed E-state index contributed by atoms with van der Waals surface area (Å²) in [6, 6.07) is 7.07. The van der Waals surface area contributed by atoms with Gasteiger partial charge in [-0.25, -0.2) is 13.1 Å². The first-order chi connectivity index (χ1) is 11.1. The minimum Gasteiger partial charge on any atom is -0.316 e. The highest BCUT2D eigenvalue weighted by Crippen LogP contribution is 2.24. The van der Waals surface area contributed by atoms with Crippen LogP contribution in [-0.2, 0) is 10.0 Å². The lowest BCUT2D eigenvalue weighted by Crippen LogP contribution is -2.33. The Hall–Kier alpha value is -1.21. The maximum atomic E-state index is 12.6. The maximum absolute atomic E-state index is 12.6. The van der Waals surface area contributed by atoms with Gasteiger partial charge in [-0.05, 0) is 69.0 Å². The molecule has 0 bridgehead atoms. The van der Waals surface area contributed by atoms with Gasteiger partial charge in [0.15, 0.2) is 0 Å². The molecule has 0 radical (unpaired) electrons. The van der Waals surface area contributed by atoms with Gasteiger partial charge in [-0.1, -0.05) is 6.07 Å². The number of piperidine rings is 1. The number of sulfonamides is 1. The topological polar surface area (TPSA) is 71.1 Å². The molecule has 3 rings (SSSR count). The van der Waals surface area contributed by atoms with Crippen molar-refractivity contribution in [2.24, 2.45) is 5.92 Å². The predicted octanol–water partition coefficient (Wildman–Crippen LogP) is 2.63. The van der Waals surface area contributed by atoms with Crippen LogP contribution in [-0.4, -0.2) is 33.0 Å². The highest BCUT2D eigenvalue weighted by atomic mass is 35.5. The van der Waals surface area contributed by atoms with E-state index in [-0.39, 0.29) is 12.4 Å². The SMILES string of the molecule is Cc1ccc(S(=O)(=O)NCCC2CCCNC2)c2cccnc12.Cl. The van der Waals surface area contributed by atoms with Gasteiger partial charge in [0.25, 0.3) is 0 Å². The van der Waals surface area contributed by atoms with Gasteiger partial charge >= 0.3 is 0 Å². The second kappa shape index (κ2) is 8.25. The molecule has 0 aliphatic carbocycles. The van der Waals surface area contributed by atoms with Crippen LogP contribution in [0.1, 0.15) is 24.8 Å². The molecule has 24 heavy (non-hydrogen) atoms. The number of fused-ring (bicyclic) bond motifs is 1. The zero-order valence-electron chi connectivity index (χ0n) is 13.8. The Morgan fingerprint density at radius 2 is 2.17 bits per heavy atom. The second-order valence-electron chi connectivity index (χ2n) is 6.18. The van der Waals surface area contributed by atoms with E-state index in [1.807, 2.05) is 19.1 Å². The number of pyridine rings is 1. The molecule has 1 aromatic carbocycles. The molecule has 7 heteroatoms. The summed E-state index contributed by atoms with van der Waals surface area (Å²) >= 11 is 0. The molecule has 0 spiro atoms. The van der Waals surface area contributed by atoms with Crippen LogP contribution in [0.2, 0.25) is 0 Å². The summed E-state index contributed by atoms with van der Waals surface area (Å²) in [6.07, 6.45) is 4.90. The van der Waals surface area contributed by atoms with E-state index in [0.717, 1.165) is 30.6 Å². The normalized spacial score (nSPS) is 18.3. The molecule has 1 aliphatic rings. The van der Waals surface area contributed by atoms with Crippen molar-refractivity contribution in [3.8, 4) is 0 Å². The van der Waals surface area contributed by atoms with Gasteiger partial charge in [0.2, 0.25) is 10.0 Å². The van der Waals surface area contributed by atoms with E-state index in [1.165, 1.54) is 12.8 Å². The summed E-state index contributed by atoms with van der Waals surface area (Å²) < 4.78 is 28.0. The minimum atomic E-state index is -3.51. The summed E-state index contributed by atoms with van der Waals surface area (Å²) in [6.45, 7) is 4.48. The molecule has 1 unspecified atom stereocenters. The number of halogens is 1. The van der Waals surface area contributed by atoms with Crippen molar-refractivity contribution >= 4 is 33.3 Å². The van der Waals surface area contributed by atoms with Gasteiger partial charge in [0.1, 0.15) is 0 Å². The van der Waals surface area contributed by atoms with Crippen LogP contribution in [0.25, 0.3) is 10.9 Å². The standard InChI is InChI=1S/C17H23N3O2S.ClH/c1-13-6-7-16(15-5-3-10-19-17(13)15)23(21,22)20-11-8-14-4-2-9-18-12-14;/h3,5-7,10,14,18,20H,2,4,8-9,11-12H2,1H3;1H. The molecule has 2 aromatic rings. The number of rotatable bonds is 5. The monoisotopic (exact) mass is 369 g/mol. The van der Waals surface area contributed by atoms with Gasteiger partial charge in [0.05, 0.1) is 10.4 Å². The van der Waals surface area contributed by atoms with E-state index >= 15 is 0 Å². The molecule has 2 heterocycles. The average molecular weight is 370 g/mol. The summed E-state index contributed by atoms with van der Waals surface area (Å²) in [7, 11) is -3.51. The number of hydrogen-bond acceptors (Lipinski definition) is 4. The largest absolute Gasteiger partial charge is 0.316 e. The summed E-state index contributed by atoms with van der Waals surface area (Å²) in [5.74, 6) is 0.558. The number of benzene rings is 1. The molecule has 1 aliphatic heterocycles. The van der Waals surface area contributed by atoms with Crippen LogP contribution < -0.4 is 10.0 Å². The maximum Gasteiger partial charge on any atom is 0.241 e. The van der Waals surface area contributed by atoms with Crippen LogP contribution in [0.5, 0.6) is 0 Å².